The molecule has 0 amide bonds. The first-order valence-electron chi connectivity index (χ1n) is 4.42. The van der Waals surface area contributed by atoms with Gasteiger partial charge in [-0.25, -0.2) is 9.78 Å². The van der Waals surface area contributed by atoms with Crippen LogP contribution in [0, 0.1) is 10.1 Å². The molecular formula is C9H8N2O6. The summed E-state index contributed by atoms with van der Waals surface area (Å²) in [5.41, 5.74) is -0.245. The van der Waals surface area contributed by atoms with Crippen molar-refractivity contribution in [1.29, 1.82) is 0 Å². The molecule has 1 aromatic rings. The Morgan fingerprint density at radius 1 is 1.53 bits per heavy atom. The molecule has 0 aliphatic heterocycles. The van der Waals surface area contributed by atoms with E-state index in [0.717, 1.165) is 6.07 Å². The van der Waals surface area contributed by atoms with E-state index in [1.165, 1.54) is 13.0 Å². The topological polar surface area (TPSA) is 120 Å². The number of Topliss-reactive ketones (excluding diaryl/α,β-unsaturated/α-hetero) is 1. The monoisotopic (exact) mass is 240 g/mol. The number of carbonyl (C=O) groups excluding carboxylic acids is 1. The van der Waals surface area contributed by atoms with Crippen molar-refractivity contribution in [1.82, 2.24) is 4.98 Å². The van der Waals surface area contributed by atoms with Gasteiger partial charge in [-0.1, -0.05) is 0 Å². The van der Waals surface area contributed by atoms with Crippen molar-refractivity contribution in [2.75, 3.05) is 0 Å². The Morgan fingerprint density at radius 3 is 2.65 bits per heavy atom. The number of carbonyl (C=O) groups is 2. The van der Waals surface area contributed by atoms with Crippen LogP contribution in [0.1, 0.15) is 33.5 Å². The van der Waals surface area contributed by atoms with Gasteiger partial charge in [0.2, 0.25) is 0 Å². The van der Waals surface area contributed by atoms with Crippen molar-refractivity contribution in [2.45, 2.75) is 13.5 Å². The number of rotatable bonds is 5. The Balaban J connectivity index is 3.08. The number of aromatic carboxylic acids is 1. The minimum Gasteiger partial charge on any atom is -0.477 e. The van der Waals surface area contributed by atoms with Gasteiger partial charge in [0.1, 0.15) is 12.3 Å². The molecule has 1 rings (SSSR count). The predicted molar refractivity (Wildman–Crippen MR) is 53.0 cm³/mol. The summed E-state index contributed by atoms with van der Waals surface area (Å²) in [4.78, 5) is 39.5. The van der Waals surface area contributed by atoms with Crippen molar-refractivity contribution in [3.05, 3.63) is 39.2 Å². The molecule has 0 fully saturated rings. The lowest BCUT2D eigenvalue weighted by molar-refractivity contribution is -0.763. The van der Waals surface area contributed by atoms with Gasteiger partial charge in [0.25, 0.3) is 5.09 Å². The van der Waals surface area contributed by atoms with Gasteiger partial charge in [0.05, 0.1) is 5.69 Å². The van der Waals surface area contributed by atoms with Crippen LogP contribution in [0.5, 0.6) is 0 Å². The lowest BCUT2D eigenvalue weighted by Crippen LogP contribution is -2.09. The highest BCUT2D eigenvalue weighted by atomic mass is 16.9. The Hall–Kier alpha value is -2.51. The highest BCUT2D eigenvalue weighted by Gasteiger charge is 2.12. The van der Waals surface area contributed by atoms with E-state index in [0.29, 0.717) is 0 Å². The number of pyridine rings is 1. The predicted octanol–water partition coefficient (Wildman–Crippen LogP) is 0.691. The molecule has 8 nitrogen and oxygen atoms in total. The molecule has 0 atom stereocenters. The second kappa shape index (κ2) is 5.01. The second-order valence-corrected chi connectivity index (χ2v) is 3.09. The molecule has 17 heavy (non-hydrogen) atoms. The minimum absolute atomic E-state index is 0.00630. The van der Waals surface area contributed by atoms with Crippen LogP contribution >= 0.6 is 0 Å². The first kappa shape index (κ1) is 12.6. The van der Waals surface area contributed by atoms with Gasteiger partial charge < -0.3 is 9.94 Å². The van der Waals surface area contributed by atoms with E-state index in [-0.39, 0.29) is 22.7 Å². The maximum Gasteiger partial charge on any atom is 0.354 e. The fraction of sp³-hybridized carbons (Fsp3) is 0.222. The highest BCUT2D eigenvalue weighted by molar-refractivity contribution is 5.96. The molecule has 0 unspecified atom stereocenters. The second-order valence-electron chi connectivity index (χ2n) is 3.09. The summed E-state index contributed by atoms with van der Waals surface area (Å²) < 4.78 is 0. The molecular weight excluding hydrogens is 232 g/mol. The molecule has 0 spiro atoms. The molecule has 90 valence electrons. The number of nitrogens with zero attached hydrogens (tertiary/aromatic N) is 2. The third-order valence-corrected chi connectivity index (χ3v) is 1.82. The molecule has 1 N–H and O–H groups in total. The maximum absolute atomic E-state index is 11.1. The highest BCUT2D eigenvalue weighted by Crippen LogP contribution is 2.08. The standard InChI is InChI=1S/C9H8N2O6/c1-5(12)6-2-7(4-17-11(15)16)10-8(3-6)9(13)14/h2-3H,4H2,1H3,(H,13,14). The van der Waals surface area contributed by atoms with Crippen LogP contribution in [-0.2, 0) is 11.4 Å². The Morgan fingerprint density at radius 2 is 2.18 bits per heavy atom. The number of hydrogen-bond acceptors (Lipinski definition) is 6. The smallest absolute Gasteiger partial charge is 0.354 e. The summed E-state index contributed by atoms with van der Waals surface area (Å²) in [7, 11) is 0. The molecule has 0 radical (unpaired) electrons. The Labute approximate surface area is 94.9 Å². The van der Waals surface area contributed by atoms with E-state index < -0.39 is 17.7 Å². The van der Waals surface area contributed by atoms with Gasteiger partial charge in [-0.05, 0) is 19.1 Å². The number of hydrogen-bond donors (Lipinski definition) is 1. The van der Waals surface area contributed by atoms with Gasteiger partial charge in [0, 0.05) is 5.56 Å². The molecule has 0 saturated carbocycles. The normalized spacial score (nSPS) is 9.71. The summed E-state index contributed by atoms with van der Waals surface area (Å²) in [6.45, 7) is 0.744. The van der Waals surface area contributed by atoms with E-state index in [1.54, 1.807) is 0 Å². The quantitative estimate of drug-likeness (QED) is 0.456. The molecule has 0 saturated heterocycles. The first-order chi connectivity index (χ1) is 7.90. The lowest BCUT2D eigenvalue weighted by atomic mass is 10.1. The van der Waals surface area contributed by atoms with Crippen molar-refractivity contribution < 1.29 is 24.6 Å². The third-order valence-electron chi connectivity index (χ3n) is 1.82. The summed E-state index contributed by atoms with van der Waals surface area (Å²) in [5.74, 6) is -1.69. The molecule has 0 bridgehead atoms. The van der Waals surface area contributed by atoms with Crippen LogP contribution in [0.3, 0.4) is 0 Å². The Kier molecular flexibility index (Phi) is 3.70. The van der Waals surface area contributed by atoms with Gasteiger partial charge in [-0.2, -0.15) is 0 Å². The van der Waals surface area contributed by atoms with E-state index >= 15 is 0 Å². The largest absolute Gasteiger partial charge is 0.477 e. The first-order valence-corrected chi connectivity index (χ1v) is 4.42. The number of carboxylic acids is 1. The van der Waals surface area contributed by atoms with Crippen molar-refractivity contribution in [3.8, 4) is 0 Å². The van der Waals surface area contributed by atoms with Crippen molar-refractivity contribution in [3.63, 3.8) is 0 Å². The van der Waals surface area contributed by atoms with E-state index in [4.69, 9.17) is 5.11 Å². The fourth-order valence-electron chi connectivity index (χ4n) is 1.09. The van der Waals surface area contributed by atoms with Crippen molar-refractivity contribution in [2.24, 2.45) is 0 Å². The van der Waals surface area contributed by atoms with Crippen LogP contribution in [0.25, 0.3) is 0 Å². The van der Waals surface area contributed by atoms with E-state index in [2.05, 4.69) is 9.82 Å². The lowest BCUT2D eigenvalue weighted by Gasteiger charge is -2.03. The van der Waals surface area contributed by atoms with Crippen LogP contribution < -0.4 is 0 Å². The van der Waals surface area contributed by atoms with Gasteiger partial charge in [-0.15, -0.1) is 10.1 Å². The van der Waals surface area contributed by atoms with Crippen LogP contribution in [0.2, 0.25) is 0 Å². The average Bonchev–Trinajstić information content (AvgIpc) is 2.25. The molecule has 0 aromatic carbocycles. The molecule has 8 heteroatoms. The molecule has 1 heterocycles. The zero-order chi connectivity index (χ0) is 13.0. The van der Waals surface area contributed by atoms with E-state index in [9.17, 15) is 19.7 Å². The van der Waals surface area contributed by atoms with Gasteiger partial charge >= 0.3 is 5.97 Å². The zero-order valence-corrected chi connectivity index (χ0v) is 8.74. The van der Waals surface area contributed by atoms with Gasteiger partial charge in [0.15, 0.2) is 5.78 Å². The summed E-state index contributed by atoms with van der Waals surface area (Å²) in [6.07, 6.45) is 0. The maximum atomic E-state index is 11.1. The van der Waals surface area contributed by atoms with Gasteiger partial charge in [-0.3, -0.25) is 4.79 Å². The molecule has 1 aromatic heterocycles. The Bertz CT molecular complexity index is 452. The molecule has 0 aliphatic carbocycles. The summed E-state index contributed by atoms with van der Waals surface area (Å²) in [5, 5.41) is 17.7. The van der Waals surface area contributed by atoms with Crippen molar-refractivity contribution >= 4 is 11.8 Å². The summed E-state index contributed by atoms with van der Waals surface area (Å²) in [6, 6.07) is 2.35. The average molecular weight is 240 g/mol. The minimum atomic E-state index is -1.32. The number of ketones is 1. The zero-order valence-electron chi connectivity index (χ0n) is 8.74. The fourth-order valence-corrected chi connectivity index (χ4v) is 1.09. The van der Waals surface area contributed by atoms with E-state index in [1.807, 2.05) is 0 Å². The summed E-state index contributed by atoms with van der Waals surface area (Å²) >= 11 is 0. The van der Waals surface area contributed by atoms with Crippen LogP contribution in [0.15, 0.2) is 12.1 Å². The molecule has 0 aliphatic rings. The SMILES string of the molecule is CC(=O)c1cc(CO[N+](=O)[O-])nc(C(=O)O)c1. The van der Waals surface area contributed by atoms with Crippen LogP contribution in [-0.4, -0.2) is 26.9 Å². The third kappa shape index (κ3) is 3.52. The van der Waals surface area contributed by atoms with Crippen LogP contribution in [0.4, 0.5) is 0 Å². The number of carboxylic acid groups (broad SMARTS) is 1. The number of aromatic nitrogens is 1.